The molecule has 1 N–H and O–H groups in total. The molecule has 2 aromatic rings. The van der Waals surface area contributed by atoms with E-state index in [-0.39, 0.29) is 12.5 Å². The van der Waals surface area contributed by atoms with Crippen LogP contribution in [0.3, 0.4) is 0 Å². The topological polar surface area (TPSA) is 79.8 Å². The molecule has 2 aromatic heterocycles. The minimum absolute atomic E-state index is 0.0833. The first-order chi connectivity index (χ1) is 9.46. The number of likely N-dealkylation sites (tertiary alicyclic amines) is 1. The molecule has 1 atom stereocenters. The Kier molecular flexibility index (Phi) is 2.95. The molecule has 0 aliphatic carbocycles. The summed E-state index contributed by atoms with van der Waals surface area (Å²) in [6.07, 6.45) is 2.20. The van der Waals surface area contributed by atoms with Gasteiger partial charge >= 0.3 is 5.69 Å². The van der Waals surface area contributed by atoms with Gasteiger partial charge in [-0.2, -0.15) is 0 Å². The maximum atomic E-state index is 12.2. The van der Waals surface area contributed by atoms with Gasteiger partial charge in [0.1, 0.15) is 0 Å². The zero-order chi connectivity index (χ0) is 14.3. The summed E-state index contributed by atoms with van der Waals surface area (Å²) < 4.78 is 2.22. The van der Waals surface area contributed by atoms with Crippen molar-refractivity contribution >= 4 is 11.6 Å². The van der Waals surface area contributed by atoms with E-state index in [4.69, 9.17) is 0 Å². The van der Waals surface area contributed by atoms with Crippen LogP contribution in [0.4, 0.5) is 0 Å². The second-order valence-electron chi connectivity index (χ2n) is 5.47. The quantitative estimate of drug-likeness (QED) is 0.807. The van der Waals surface area contributed by atoms with E-state index < -0.39 is 11.3 Å². The number of nitrogens with zero attached hydrogens (tertiary/aromatic N) is 4. The van der Waals surface area contributed by atoms with Crippen molar-refractivity contribution in [2.24, 2.45) is 0 Å². The molecule has 0 amide bonds. The van der Waals surface area contributed by atoms with Crippen molar-refractivity contribution in [1.29, 1.82) is 0 Å². The Balaban J connectivity index is 1.83. The highest BCUT2D eigenvalue weighted by atomic mass is 16.3. The Hall–Kier alpha value is -1.99. The first kappa shape index (κ1) is 13.0. The van der Waals surface area contributed by atoms with Crippen molar-refractivity contribution in [2.75, 3.05) is 19.6 Å². The molecule has 1 saturated heterocycles. The fraction of sp³-hybridized carbons (Fsp3) is 0.462. The minimum Gasteiger partial charge on any atom is -0.389 e. The summed E-state index contributed by atoms with van der Waals surface area (Å²) in [6.45, 7) is 2.90. The summed E-state index contributed by atoms with van der Waals surface area (Å²) >= 11 is 0. The Labute approximate surface area is 115 Å². The van der Waals surface area contributed by atoms with Crippen LogP contribution in [0, 0.1) is 0 Å². The fourth-order valence-electron chi connectivity index (χ4n) is 2.52. The van der Waals surface area contributed by atoms with Gasteiger partial charge in [0.2, 0.25) is 0 Å². The molecule has 1 aliphatic rings. The van der Waals surface area contributed by atoms with Gasteiger partial charge in [-0.1, -0.05) is 6.07 Å². The summed E-state index contributed by atoms with van der Waals surface area (Å²) in [4.78, 5) is 26.0. The van der Waals surface area contributed by atoms with Crippen molar-refractivity contribution in [3.8, 4) is 0 Å². The molecule has 106 valence electrons. The standard InChI is InChI=1S/C13H16N4O3/c1-13(20)5-7-15(9-13)8-11(18)17-12(19)16-6-3-2-4-10(16)14-17/h2-4,6,20H,5,7-9H2,1H3. The third-order valence-electron chi connectivity index (χ3n) is 3.55. The normalized spacial score (nSPS) is 23.5. The monoisotopic (exact) mass is 276 g/mol. The molecule has 1 fully saturated rings. The van der Waals surface area contributed by atoms with Gasteiger partial charge in [-0.3, -0.25) is 9.69 Å². The third kappa shape index (κ3) is 2.25. The Morgan fingerprint density at radius 1 is 1.50 bits per heavy atom. The molecule has 7 nitrogen and oxygen atoms in total. The summed E-state index contributed by atoms with van der Waals surface area (Å²) in [5.74, 6) is -0.378. The van der Waals surface area contributed by atoms with Crippen molar-refractivity contribution in [3.05, 3.63) is 34.9 Å². The number of rotatable bonds is 2. The predicted octanol–water partition coefficient (Wildman–Crippen LogP) is -0.407. The van der Waals surface area contributed by atoms with Gasteiger partial charge in [-0.25, -0.2) is 9.20 Å². The van der Waals surface area contributed by atoms with Crippen molar-refractivity contribution in [3.63, 3.8) is 0 Å². The Morgan fingerprint density at radius 2 is 2.30 bits per heavy atom. The Bertz CT molecular complexity index is 716. The fourth-order valence-corrected chi connectivity index (χ4v) is 2.52. The van der Waals surface area contributed by atoms with Crippen LogP contribution in [0.2, 0.25) is 0 Å². The number of carbonyl (C=O) groups is 1. The van der Waals surface area contributed by atoms with Crippen LogP contribution in [0.15, 0.2) is 29.2 Å². The lowest BCUT2D eigenvalue weighted by Gasteiger charge is -2.17. The van der Waals surface area contributed by atoms with E-state index in [0.717, 1.165) is 4.68 Å². The number of aromatic nitrogens is 3. The smallest absolute Gasteiger partial charge is 0.357 e. The lowest BCUT2D eigenvalue weighted by Crippen LogP contribution is -2.38. The highest BCUT2D eigenvalue weighted by Crippen LogP contribution is 2.19. The minimum atomic E-state index is -0.760. The number of aliphatic hydroxyl groups is 1. The predicted molar refractivity (Wildman–Crippen MR) is 71.8 cm³/mol. The molecule has 0 saturated carbocycles. The second kappa shape index (κ2) is 4.53. The summed E-state index contributed by atoms with van der Waals surface area (Å²) in [7, 11) is 0. The van der Waals surface area contributed by atoms with Crippen LogP contribution >= 0.6 is 0 Å². The van der Waals surface area contributed by atoms with Gasteiger partial charge in [-0.15, -0.1) is 9.78 Å². The Morgan fingerprint density at radius 3 is 2.95 bits per heavy atom. The number of hydrogen-bond acceptors (Lipinski definition) is 5. The summed E-state index contributed by atoms with van der Waals surface area (Å²) in [5, 5.41) is 13.9. The van der Waals surface area contributed by atoms with Crippen LogP contribution in [-0.4, -0.2) is 55.3 Å². The second-order valence-corrected chi connectivity index (χ2v) is 5.47. The van der Waals surface area contributed by atoms with Crippen LogP contribution in [0.25, 0.3) is 5.65 Å². The highest BCUT2D eigenvalue weighted by Gasteiger charge is 2.32. The van der Waals surface area contributed by atoms with Gasteiger partial charge in [-0.05, 0) is 25.5 Å². The first-order valence-corrected chi connectivity index (χ1v) is 6.51. The molecule has 1 aliphatic heterocycles. The highest BCUT2D eigenvalue weighted by molar-refractivity contribution is 5.80. The molecular weight excluding hydrogens is 260 g/mol. The van der Waals surface area contributed by atoms with E-state index in [2.05, 4.69) is 5.10 Å². The van der Waals surface area contributed by atoms with Gasteiger partial charge in [0.25, 0.3) is 5.91 Å². The van der Waals surface area contributed by atoms with E-state index in [1.165, 1.54) is 4.40 Å². The van der Waals surface area contributed by atoms with Gasteiger partial charge in [0, 0.05) is 19.3 Å². The molecule has 0 radical (unpaired) electrons. The van der Waals surface area contributed by atoms with Gasteiger partial charge < -0.3 is 5.11 Å². The number of carbonyl (C=O) groups excluding carboxylic acids is 1. The van der Waals surface area contributed by atoms with E-state index in [1.54, 1.807) is 31.3 Å². The van der Waals surface area contributed by atoms with Gasteiger partial charge in [0.15, 0.2) is 5.65 Å². The van der Waals surface area contributed by atoms with Crippen molar-refractivity contribution < 1.29 is 9.90 Å². The average Bonchev–Trinajstić information content (AvgIpc) is 2.91. The molecule has 0 bridgehead atoms. The average molecular weight is 276 g/mol. The van der Waals surface area contributed by atoms with Crippen LogP contribution in [-0.2, 0) is 0 Å². The van der Waals surface area contributed by atoms with Crippen molar-refractivity contribution in [1.82, 2.24) is 19.1 Å². The molecule has 0 spiro atoms. The number of pyridine rings is 1. The largest absolute Gasteiger partial charge is 0.389 e. The summed E-state index contributed by atoms with van der Waals surface area (Å²) in [6, 6.07) is 5.14. The van der Waals surface area contributed by atoms with Gasteiger partial charge in [0.05, 0.1) is 12.1 Å². The first-order valence-electron chi connectivity index (χ1n) is 6.51. The zero-order valence-electron chi connectivity index (χ0n) is 11.2. The molecule has 3 rings (SSSR count). The molecule has 20 heavy (non-hydrogen) atoms. The molecule has 1 unspecified atom stereocenters. The lowest BCUT2D eigenvalue weighted by atomic mass is 10.1. The van der Waals surface area contributed by atoms with Crippen LogP contribution in [0.5, 0.6) is 0 Å². The van der Waals surface area contributed by atoms with E-state index >= 15 is 0 Å². The number of hydrogen-bond donors (Lipinski definition) is 1. The number of fused-ring (bicyclic) bond motifs is 1. The van der Waals surface area contributed by atoms with E-state index in [0.29, 0.717) is 25.2 Å². The SMILES string of the molecule is CC1(O)CCN(CC(=O)n2nc3ccccn3c2=O)C1. The van der Waals surface area contributed by atoms with Crippen LogP contribution < -0.4 is 5.69 Å². The zero-order valence-corrected chi connectivity index (χ0v) is 11.2. The van der Waals surface area contributed by atoms with Crippen molar-refractivity contribution in [2.45, 2.75) is 18.9 Å². The maximum Gasteiger partial charge on any atom is 0.357 e. The molecule has 3 heterocycles. The molecular formula is C13H16N4O3. The van der Waals surface area contributed by atoms with E-state index in [1.807, 2.05) is 4.90 Å². The van der Waals surface area contributed by atoms with E-state index in [9.17, 15) is 14.7 Å². The molecule has 7 heteroatoms. The maximum absolute atomic E-state index is 12.2. The van der Waals surface area contributed by atoms with Crippen LogP contribution in [0.1, 0.15) is 18.1 Å². The summed E-state index contributed by atoms with van der Waals surface area (Å²) in [5.41, 5.74) is -0.778. The third-order valence-corrected chi connectivity index (χ3v) is 3.55. The number of β-amino-alcohol motifs (C(OH)–C–C–N with tert-alkyl or cyclic N) is 1. The molecule has 0 aromatic carbocycles. The lowest BCUT2D eigenvalue weighted by molar-refractivity contribution is 0.0645.